The van der Waals surface area contributed by atoms with Crippen molar-refractivity contribution in [2.24, 2.45) is 17.8 Å². The molecule has 0 aliphatic heterocycles. The second-order valence-corrected chi connectivity index (χ2v) is 8.82. The van der Waals surface area contributed by atoms with Crippen molar-refractivity contribution in [3.05, 3.63) is 66.2 Å². The summed E-state index contributed by atoms with van der Waals surface area (Å²) in [6, 6.07) is 14.6. The summed E-state index contributed by atoms with van der Waals surface area (Å²) >= 11 is 0. The first kappa shape index (κ1) is 21.0. The molecule has 2 aromatic rings. The Kier molecular flexibility index (Phi) is 6.21. The molecule has 0 amide bonds. The maximum absolute atomic E-state index is 12.3. The third-order valence-electron chi connectivity index (χ3n) is 6.92. The largest absolute Gasteiger partial charge is 0.573 e. The second-order valence-electron chi connectivity index (χ2n) is 8.82. The molecule has 0 bridgehead atoms. The van der Waals surface area contributed by atoms with Gasteiger partial charge in [0, 0.05) is 0 Å². The van der Waals surface area contributed by atoms with Crippen LogP contribution in [0.1, 0.15) is 56.9 Å². The van der Waals surface area contributed by atoms with Gasteiger partial charge in [-0.2, -0.15) is 0 Å². The summed E-state index contributed by atoms with van der Waals surface area (Å²) < 4.78 is 40.9. The molecule has 0 heterocycles. The Labute approximate surface area is 177 Å². The predicted molar refractivity (Wildman–Crippen MR) is 114 cm³/mol. The molecule has 0 N–H and O–H groups in total. The van der Waals surface area contributed by atoms with Crippen molar-refractivity contribution in [2.75, 3.05) is 0 Å². The number of alkyl halides is 3. The van der Waals surface area contributed by atoms with E-state index in [1.807, 2.05) is 0 Å². The molecule has 2 saturated carbocycles. The molecule has 0 radical (unpaired) electrons. The third-order valence-corrected chi connectivity index (χ3v) is 6.92. The smallest absolute Gasteiger partial charge is 0.406 e. The number of fused-ring (bicyclic) bond motifs is 1. The lowest BCUT2D eigenvalue weighted by Crippen LogP contribution is -2.30. The monoisotopic (exact) mass is 414 g/mol. The summed E-state index contributed by atoms with van der Waals surface area (Å²) in [5.41, 5.74) is 3.30. The van der Waals surface area contributed by atoms with E-state index in [9.17, 15) is 13.2 Å². The fourth-order valence-electron chi connectivity index (χ4n) is 5.47. The van der Waals surface area contributed by atoms with Gasteiger partial charge in [-0.3, -0.25) is 0 Å². The number of ether oxygens (including phenoxy) is 1. The van der Waals surface area contributed by atoms with Gasteiger partial charge >= 0.3 is 6.36 Å². The highest BCUT2D eigenvalue weighted by molar-refractivity contribution is 5.64. The topological polar surface area (TPSA) is 9.23 Å². The van der Waals surface area contributed by atoms with Crippen LogP contribution >= 0.6 is 0 Å². The molecule has 4 atom stereocenters. The lowest BCUT2D eigenvalue weighted by atomic mass is 9.64. The zero-order chi connectivity index (χ0) is 21.1. The van der Waals surface area contributed by atoms with Crippen molar-refractivity contribution < 1.29 is 17.9 Å². The van der Waals surface area contributed by atoms with Gasteiger partial charge in [0.15, 0.2) is 0 Å². The number of benzene rings is 2. The third kappa shape index (κ3) is 5.08. The number of allylic oxidation sites excluding steroid dienone is 2. The van der Waals surface area contributed by atoms with Crippen LogP contribution in [0.25, 0.3) is 11.1 Å². The standard InChI is InChI=1S/C26H29F3O/c1-2-3-18-4-5-24-17-23(11-10-22(24)16-18)21-8-6-19(7-9-21)20-12-14-25(15-13-20)30-26(27,28)29/h2-3,6-9,12-15,18,22-24H,4-5,10-11,16-17H2,1H3/b3-2+. The summed E-state index contributed by atoms with van der Waals surface area (Å²) in [6.45, 7) is 2.12. The average Bonchev–Trinajstić information content (AvgIpc) is 2.73. The zero-order valence-electron chi connectivity index (χ0n) is 17.4. The van der Waals surface area contributed by atoms with E-state index in [0.717, 1.165) is 28.9 Å². The molecule has 2 aromatic carbocycles. The SMILES string of the molecule is C/C=C/C1CCC2CC(c3ccc(-c4ccc(OC(F)(F)F)cc4)cc3)CCC2C1. The Morgan fingerprint density at radius 2 is 1.40 bits per heavy atom. The van der Waals surface area contributed by atoms with Crippen LogP contribution in [0.5, 0.6) is 5.75 Å². The average molecular weight is 415 g/mol. The number of hydrogen-bond acceptors (Lipinski definition) is 1. The maximum atomic E-state index is 12.3. The van der Waals surface area contributed by atoms with Crippen LogP contribution in [-0.2, 0) is 0 Å². The summed E-state index contributed by atoms with van der Waals surface area (Å²) in [6.07, 6.45) is 7.83. The summed E-state index contributed by atoms with van der Waals surface area (Å²) in [5, 5.41) is 0. The minimum Gasteiger partial charge on any atom is -0.406 e. The molecular formula is C26H29F3O. The predicted octanol–water partition coefficient (Wildman–Crippen LogP) is 8.13. The molecule has 0 spiro atoms. The van der Waals surface area contributed by atoms with Gasteiger partial charge in [0.1, 0.15) is 5.75 Å². The van der Waals surface area contributed by atoms with Crippen LogP contribution < -0.4 is 4.74 Å². The van der Waals surface area contributed by atoms with Crippen LogP contribution in [0.3, 0.4) is 0 Å². The van der Waals surface area contributed by atoms with Crippen LogP contribution in [0.15, 0.2) is 60.7 Å². The van der Waals surface area contributed by atoms with Crippen molar-refractivity contribution in [1.82, 2.24) is 0 Å². The second kappa shape index (κ2) is 8.87. The van der Waals surface area contributed by atoms with Gasteiger partial charge in [-0.1, -0.05) is 48.6 Å². The van der Waals surface area contributed by atoms with E-state index in [1.165, 1.54) is 56.2 Å². The first-order valence-electron chi connectivity index (χ1n) is 11.0. The van der Waals surface area contributed by atoms with Crippen molar-refractivity contribution >= 4 is 0 Å². The molecule has 0 saturated heterocycles. The zero-order valence-corrected chi connectivity index (χ0v) is 17.4. The van der Waals surface area contributed by atoms with Gasteiger partial charge in [0.05, 0.1) is 0 Å². The summed E-state index contributed by atoms with van der Waals surface area (Å²) in [7, 11) is 0. The van der Waals surface area contributed by atoms with Crippen LogP contribution in [-0.4, -0.2) is 6.36 Å². The van der Waals surface area contributed by atoms with Gasteiger partial charge < -0.3 is 4.74 Å². The Balaban J connectivity index is 1.38. The number of hydrogen-bond donors (Lipinski definition) is 0. The maximum Gasteiger partial charge on any atom is 0.573 e. The lowest BCUT2D eigenvalue weighted by molar-refractivity contribution is -0.274. The first-order chi connectivity index (χ1) is 14.4. The van der Waals surface area contributed by atoms with Gasteiger partial charge in [0.2, 0.25) is 0 Å². The van der Waals surface area contributed by atoms with Crippen molar-refractivity contribution in [1.29, 1.82) is 0 Å². The molecule has 2 aliphatic carbocycles. The van der Waals surface area contributed by atoms with E-state index >= 15 is 0 Å². The Morgan fingerprint density at radius 1 is 0.800 bits per heavy atom. The highest BCUT2D eigenvalue weighted by Gasteiger charge is 2.35. The van der Waals surface area contributed by atoms with E-state index in [0.29, 0.717) is 5.92 Å². The molecule has 2 aliphatic rings. The fraction of sp³-hybridized carbons (Fsp3) is 0.462. The Hall–Kier alpha value is -2.23. The van der Waals surface area contributed by atoms with E-state index in [4.69, 9.17) is 0 Å². The molecular weight excluding hydrogens is 385 g/mol. The minimum atomic E-state index is -4.66. The highest BCUT2D eigenvalue weighted by atomic mass is 19.4. The van der Waals surface area contributed by atoms with Gasteiger partial charge in [-0.25, -0.2) is 0 Å². The molecule has 30 heavy (non-hydrogen) atoms. The van der Waals surface area contributed by atoms with E-state index in [2.05, 4.69) is 48.1 Å². The molecule has 4 heteroatoms. The molecule has 0 aromatic heterocycles. The number of halogens is 3. The fourth-order valence-corrected chi connectivity index (χ4v) is 5.47. The van der Waals surface area contributed by atoms with E-state index in [-0.39, 0.29) is 5.75 Å². The highest BCUT2D eigenvalue weighted by Crippen LogP contribution is 2.48. The van der Waals surface area contributed by atoms with Crippen molar-refractivity contribution in [3.8, 4) is 16.9 Å². The molecule has 160 valence electrons. The van der Waals surface area contributed by atoms with Crippen LogP contribution in [0.4, 0.5) is 13.2 Å². The van der Waals surface area contributed by atoms with Gasteiger partial charge in [0.25, 0.3) is 0 Å². The molecule has 4 unspecified atom stereocenters. The summed E-state index contributed by atoms with van der Waals surface area (Å²) in [5.74, 6) is 2.95. The lowest BCUT2D eigenvalue weighted by Gasteiger charge is -2.41. The van der Waals surface area contributed by atoms with Gasteiger partial charge in [-0.15, -0.1) is 13.2 Å². The quantitative estimate of drug-likeness (QED) is 0.459. The van der Waals surface area contributed by atoms with Crippen LogP contribution in [0.2, 0.25) is 0 Å². The minimum absolute atomic E-state index is 0.191. The first-order valence-corrected chi connectivity index (χ1v) is 11.0. The van der Waals surface area contributed by atoms with E-state index in [1.54, 1.807) is 12.1 Å². The normalized spacial score (nSPS) is 27.1. The Bertz CT molecular complexity index is 851. The molecule has 2 fully saturated rings. The van der Waals surface area contributed by atoms with Crippen molar-refractivity contribution in [3.63, 3.8) is 0 Å². The Morgan fingerprint density at radius 3 is 2.03 bits per heavy atom. The van der Waals surface area contributed by atoms with E-state index < -0.39 is 6.36 Å². The number of rotatable bonds is 4. The van der Waals surface area contributed by atoms with Gasteiger partial charge in [-0.05, 0) is 97.9 Å². The van der Waals surface area contributed by atoms with Crippen molar-refractivity contribution in [2.45, 2.75) is 57.7 Å². The molecule has 4 rings (SSSR count). The summed E-state index contributed by atoms with van der Waals surface area (Å²) in [4.78, 5) is 0. The molecule has 1 nitrogen and oxygen atoms in total. The van der Waals surface area contributed by atoms with Crippen LogP contribution in [0, 0.1) is 17.8 Å².